The number of unbranched alkanes of at least 4 members (excludes halogenated alkanes) is 1. The van der Waals surface area contributed by atoms with Crippen LogP contribution in [-0.4, -0.2) is 6.11 Å². The van der Waals surface area contributed by atoms with Crippen molar-refractivity contribution in [2.75, 3.05) is 0 Å². The molecule has 1 fully saturated rings. The van der Waals surface area contributed by atoms with Crippen LogP contribution < -0.4 is 14.2 Å². The minimum absolute atomic E-state index is 0.0418. The number of aryl methyl sites for hydroxylation is 1. The van der Waals surface area contributed by atoms with Crippen LogP contribution in [0.1, 0.15) is 68.1 Å². The van der Waals surface area contributed by atoms with Crippen molar-refractivity contribution in [1.29, 1.82) is 0 Å². The molecule has 244 valence electrons. The van der Waals surface area contributed by atoms with Gasteiger partial charge in [-0.3, -0.25) is 0 Å². The first-order chi connectivity index (χ1) is 21.2. The van der Waals surface area contributed by atoms with Gasteiger partial charge >= 0.3 is 18.3 Å². The van der Waals surface area contributed by atoms with Gasteiger partial charge in [0.15, 0.2) is 23.6 Å². The van der Waals surface area contributed by atoms with Crippen LogP contribution in [0.15, 0.2) is 60.9 Å². The molecule has 0 radical (unpaired) electrons. The Labute approximate surface area is 252 Å². The highest BCUT2D eigenvalue weighted by atomic mass is 19.3. The number of alkyl halides is 4. The van der Waals surface area contributed by atoms with E-state index >= 15 is 8.78 Å². The molecule has 1 saturated carbocycles. The molecule has 3 aromatic rings. The summed E-state index contributed by atoms with van der Waals surface area (Å²) in [4.78, 5) is 0. The minimum Gasteiger partial charge on any atom is -0.453 e. The smallest absolute Gasteiger partial charge is 0.432 e. The Kier molecular flexibility index (Phi) is 10.6. The topological polar surface area (TPSA) is 27.7 Å². The number of halogens is 10. The van der Waals surface area contributed by atoms with Crippen molar-refractivity contribution in [3.05, 3.63) is 101 Å². The highest BCUT2D eigenvalue weighted by Crippen LogP contribution is 2.44. The lowest BCUT2D eigenvalue weighted by Gasteiger charge is -2.33. The third kappa shape index (κ3) is 8.43. The fourth-order valence-corrected chi connectivity index (χ4v) is 5.24. The van der Waals surface area contributed by atoms with Crippen molar-refractivity contribution in [3.63, 3.8) is 0 Å². The van der Waals surface area contributed by atoms with Crippen LogP contribution in [0.25, 0.3) is 0 Å². The highest BCUT2D eigenvalue weighted by Gasteiger charge is 2.46. The van der Waals surface area contributed by atoms with E-state index in [9.17, 15) is 35.1 Å². The van der Waals surface area contributed by atoms with E-state index in [-0.39, 0.29) is 49.3 Å². The summed E-state index contributed by atoms with van der Waals surface area (Å²) in [6, 6.07) is 8.45. The first kappa shape index (κ1) is 34.0. The van der Waals surface area contributed by atoms with E-state index in [0.717, 1.165) is 24.8 Å². The fraction of sp³-hybridized carbons (Fsp3) is 0.375. The van der Waals surface area contributed by atoms with Crippen LogP contribution in [0, 0.1) is 29.2 Å². The zero-order chi connectivity index (χ0) is 32.9. The average molecular weight is 651 g/mol. The number of rotatable bonds is 12. The lowest BCUT2D eigenvalue weighted by atomic mass is 9.78. The highest BCUT2D eigenvalue weighted by molar-refractivity contribution is 5.37. The SMILES string of the molecule is CCCCc1ccc(C2CCC(C(F)(F)Oc3cc(F)c(C(F)(F)Oc4cc(F)c(OC=C(F)F)c(F)c4)c(F)c3)CC2)cc1. The van der Waals surface area contributed by atoms with Crippen LogP contribution in [0.2, 0.25) is 0 Å². The molecule has 4 rings (SSSR count). The van der Waals surface area contributed by atoms with Crippen LogP contribution in [0.3, 0.4) is 0 Å². The molecule has 0 unspecified atom stereocenters. The molecule has 3 aromatic carbocycles. The monoisotopic (exact) mass is 650 g/mol. The fourth-order valence-electron chi connectivity index (χ4n) is 5.24. The molecule has 13 heteroatoms. The molecule has 0 saturated heterocycles. The predicted octanol–water partition coefficient (Wildman–Crippen LogP) is 10.8. The quantitative estimate of drug-likeness (QED) is 0.144. The first-order valence-electron chi connectivity index (χ1n) is 14.1. The maximum absolute atomic E-state index is 15.0. The molecule has 0 spiro atoms. The maximum Gasteiger partial charge on any atom is 0.432 e. The molecule has 0 heterocycles. The lowest BCUT2D eigenvalue weighted by Crippen LogP contribution is -2.37. The van der Waals surface area contributed by atoms with Crippen LogP contribution in [0.4, 0.5) is 43.9 Å². The summed E-state index contributed by atoms with van der Waals surface area (Å²) in [6.07, 6.45) is -7.56. The van der Waals surface area contributed by atoms with E-state index in [4.69, 9.17) is 0 Å². The van der Waals surface area contributed by atoms with Gasteiger partial charge < -0.3 is 14.2 Å². The van der Waals surface area contributed by atoms with E-state index in [1.54, 1.807) is 0 Å². The Balaban J connectivity index is 1.42. The maximum atomic E-state index is 15.0. The third-order valence-corrected chi connectivity index (χ3v) is 7.52. The third-order valence-electron chi connectivity index (χ3n) is 7.52. The summed E-state index contributed by atoms with van der Waals surface area (Å²) in [5.74, 6) is -12.6. The van der Waals surface area contributed by atoms with Crippen molar-refractivity contribution >= 4 is 0 Å². The van der Waals surface area contributed by atoms with Gasteiger partial charge in [0.05, 0.1) is 5.92 Å². The molecule has 0 aromatic heterocycles. The van der Waals surface area contributed by atoms with Gasteiger partial charge in [-0.1, -0.05) is 37.6 Å². The van der Waals surface area contributed by atoms with Crippen LogP contribution >= 0.6 is 0 Å². The molecular weight excluding hydrogens is 622 g/mol. The molecule has 3 nitrogen and oxygen atoms in total. The Morgan fingerprint density at radius 2 is 1.31 bits per heavy atom. The van der Waals surface area contributed by atoms with E-state index in [2.05, 4.69) is 21.1 Å². The van der Waals surface area contributed by atoms with Crippen molar-refractivity contribution < 1.29 is 58.1 Å². The molecule has 0 N–H and O–H groups in total. The predicted molar refractivity (Wildman–Crippen MR) is 143 cm³/mol. The second-order valence-electron chi connectivity index (χ2n) is 10.7. The van der Waals surface area contributed by atoms with Gasteiger partial charge in [-0.05, 0) is 55.6 Å². The second-order valence-corrected chi connectivity index (χ2v) is 10.7. The number of hydrogen-bond acceptors (Lipinski definition) is 3. The Bertz CT molecular complexity index is 1450. The Morgan fingerprint density at radius 3 is 1.84 bits per heavy atom. The normalized spacial score (nSPS) is 17.1. The Hall–Kier alpha value is -3.90. The largest absolute Gasteiger partial charge is 0.453 e. The standard InChI is InChI=1S/C32H28F10O3/c1-2-3-4-18-5-7-19(8-6-18)20-9-11-21(12-10-20)31(39,40)44-22-13-24(33)29(25(34)14-22)32(41,42)45-23-15-26(35)30(27(36)16-23)43-17-28(37)38/h5-8,13-17,20-21H,2-4,9-12H2,1H3. The molecule has 1 aliphatic rings. The van der Waals surface area contributed by atoms with Crippen LogP contribution in [-0.2, 0) is 12.5 Å². The number of hydrogen-bond donors (Lipinski definition) is 0. The summed E-state index contributed by atoms with van der Waals surface area (Å²) in [7, 11) is 0. The van der Waals surface area contributed by atoms with Crippen LogP contribution in [0.5, 0.6) is 17.2 Å². The van der Waals surface area contributed by atoms with Crippen molar-refractivity contribution in [1.82, 2.24) is 0 Å². The van der Waals surface area contributed by atoms with Gasteiger partial charge in [-0.15, -0.1) is 0 Å². The first-order valence-corrected chi connectivity index (χ1v) is 14.1. The van der Waals surface area contributed by atoms with Crippen molar-refractivity contribution in [2.24, 2.45) is 5.92 Å². The number of ether oxygens (including phenoxy) is 3. The minimum atomic E-state index is -4.91. The Morgan fingerprint density at radius 1 is 0.778 bits per heavy atom. The molecule has 0 atom stereocenters. The zero-order valence-electron chi connectivity index (χ0n) is 23.8. The molecular formula is C32H28F10O3. The summed E-state index contributed by atoms with van der Waals surface area (Å²) in [5.41, 5.74) is 0.168. The van der Waals surface area contributed by atoms with Crippen molar-refractivity contribution in [2.45, 2.75) is 70.0 Å². The van der Waals surface area contributed by atoms with E-state index in [1.807, 2.05) is 24.3 Å². The second kappa shape index (κ2) is 14.0. The zero-order valence-corrected chi connectivity index (χ0v) is 23.8. The van der Waals surface area contributed by atoms with Gasteiger partial charge in [-0.2, -0.15) is 26.3 Å². The molecule has 0 amide bonds. The van der Waals surface area contributed by atoms with Gasteiger partial charge in [0.25, 0.3) is 0 Å². The summed E-state index contributed by atoms with van der Waals surface area (Å²) in [5, 5.41) is 0. The van der Waals surface area contributed by atoms with Gasteiger partial charge in [0.2, 0.25) is 0 Å². The molecule has 0 bridgehead atoms. The van der Waals surface area contributed by atoms with Gasteiger partial charge in [-0.25, -0.2) is 17.6 Å². The van der Waals surface area contributed by atoms with E-state index in [0.29, 0.717) is 12.8 Å². The summed E-state index contributed by atoms with van der Waals surface area (Å²) in [6.45, 7) is 2.10. The van der Waals surface area contributed by atoms with E-state index in [1.165, 1.54) is 5.56 Å². The molecule has 45 heavy (non-hydrogen) atoms. The summed E-state index contributed by atoms with van der Waals surface area (Å²) >= 11 is 0. The molecule has 0 aliphatic heterocycles. The van der Waals surface area contributed by atoms with Crippen molar-refractivity contribution in [3.8, 4) is 17.2 Å². The van der Waals surface area contributed by atoms with E-state index < -0.39 is 70.3 Å². The number of benzene rings is 3. The van der Waals surface area contributed by atoms with Gasteiger partial charge in [0.1, 0.15) is 28.7 Å². The lowest BCUT2D eigenvalue weighted by molar-refractivity contribution is -0.222. The summed E-state index contributed by atoms with van der Waals surface area (Å²) < 4.78 is 154. The molecule has 1 aliphatic carbocycles. The van der Waals surface area contributed by atoms with Gasteiger partial charge in [0, 0.05) is 24.3 Å². The average Bonchev–Trinajstić information content (AvgIpc) is 2.95.